The number of fused-ring (bicyclic) bond motifs is 3. The van der Waals surface area contributed by atoms with Crippen molar-refractivity contribution in [3.8, 4) is 11.3 Å². The number of anilines is 2. The normalized spacial score (nSPS) is 14.5. The summed E-state index contributed by atoms with van der Waals surface area (Å²) in [5.74, 6) is 1.01. The summed E-state index contributed by atoms with van der Waals surface area (Å²) in [5.41, 5.74) is 4.95. The molecule has 1 aliphatic rings. The van der Waals surface area contributed by atoms with E-state index in [1.54, 1.807) is 0 Å². The number of hydrogen-bond donors (Lipinski definition) is 0. The van der Waals surface area contributed by atoms with Crippen LogP contribution in [0.4, 0.5) is 11.5 Å². The first kappa shape index (κ1) is 17.9. The molecule has 152 valence electrons. The summed E-state index contributed by atoms with van der Waals surface area (Å²) in [4.78, 5) is 9.94. The zero-order valence-corrected chi connectivity index (χ0v) is 17.1. The largest absolute Gasteiger partial charge is 0.368 e. The van der Waals surface area contributed by atoms with Gasteiger partial charge in [-0.2, -0.15) is 4.52 Å². The molecule has 0 N–H and O–H groups in total. The second-order valence-electron chi connectivity index (χ2n) is 7.80. The Morgan fingerprint density at radius 1 is 0.645 bits per heavy atom. The first-order chi connectivity index (χ1) is 15.4. The molecule has 0 atom stereocenters. The number of aromatic nitrogens is 4. The Balaban J connectivity index is 1.42. The van der Waals surface area contributed by atoms with E-state index < -0.39 is 0 Å². The van der Waals surface area contributed by atoms with Gasteiger partial charge < -0.3 is 9.80 Å². The molecule has 5 aromatic rings. The average Bonchev–Trinajstić information content (AvgIpc) is 3.29. The summed E-state index contributed by atoms with van der Waals surface area (Å²) in [6.07, 6.45) is 0. The summed E-state index contributed by atoms with van der Waals surface area (Å²) in [6, 6.07) is 29.1. The third-order valence-electron chi connectivity index (χ3n) is 5.98. The highest BCUT2D eigenvalue weighted by Gasteiger charge is 2.23. The molecule has 0 bridgehead atoms. The Bertz CT molecular complexity index is 1340. The zero-order valence-electron chi connectivity index (χ0n) is 17.1. The lowest BCUT2D eigenvalue weighted by atomic mass is 10.1. The van der Waals surface area contributed by atoms with E-state index in [0.717, 1.165) is 59.8 Å². The zero-order chi connectivity index (χ0) is 20.6. The Morgan fingerprint density at radius 2 is 1.29 bits per heavy atom. The fraction of sp³-hybridized carbons (Fsp3) is 0.160. The minimum absolute atomic E-state index is 0.797. The molecular formula is C25H22N6. The van der Waals surface area contributed by atoms with Crippen LogP contribution < -0.4 is 9.80 Å². The second-order valence-corrected chi connectivity index (χ2v) is 7.80. The van der Waals surface area contributed by atoms with E-state index in [1.165, 1.54) is 5.69 Å². The minimum Gasteiger partial charge on any atom is -0.368 e. The van der Waals surface area contributed by atoms with Crippen molar-refractivity contribution in [3.63, 3.8) is 0 Å². The smallest absolute Gasteiger partial charge is 0.186 e. The van der Waals surface area contributed by atoms with Crippen LogP contribution in [0.5, 0.6) is 0 Å². The van der Waals surface area contributed by atoms with Crippen molar-refractivity contribution in [1.29, 1.82) is 0 Å². The number of hydrogen-bond acceptors (Lipinski definition) is 5. The summed E-state index contributed by atoms with van der Waals surface area (Å²) in [7, 11) is 0. The van der Waals surface area contributed by atoms with Crippen LogP contribution in [-0.4, -0.2) is 46.0 Å². The Kier molecular flexibility index (Phi) is 4.27. The van der Waals surface area contributed by atoms with Crippen LogP contribution in [0.25, 0.3) is 27.8 Å². The van der Waals surface area contributed by atoms with Crippen LogP contribution >= 0.6 is 0 Å². The third-order valence-corrected chi connectivity index (χ3v) is 5.98. The molecule has 3 aromatic carbocycles. The number of nitrogens with zero attached hydrogens (tertiary/aromatic N) is 6. The van der Waals surface area contributed by atoms with E-state index in [-0.39, 0.29) is 0 Å². The van der Waals surface area contributed by atoms with Crippen molar-refractivity contribution >= 4 is 28.1 Å². The number of piperazine rings is 1. The maximum Gasteiger partial charge on any atom is 0.186 e. The van der Waals surface area contributed by atoms with Crippen molar-refractivity contribution in [2.75, 3.05) is 36.0 Å². The average molecular weight is 406 g/mol. The molecule has 2 aromatic heterocycles. The molecule has 0 aliphatic carbocycles. The Hall–Kier alpha value is -3.93. The summed E-state index contributed by atoms with van der Waals surface area (Å²) >= 11 is 0. The third kappa shape index (κ3) is 3.08. The van der Waals surface area contributed by atoms with E-state index in [2.05, 4.69) is 80.8 Å². The molecule has 6 rings (SSSR count). The van der Waals surface area contributed by atoms with Crippen LogP contribution in [0, 0.1) is 0 Å². The van der Waals surface area contributed by atoms with E-state index in [9.17, 15) is 0 Å². The molecule has 6 nitrogen and oxygen atoms in total. The highest BCUT2D eigenvalue weighted by Crippen LogP contribution is 2.30. The van der Waals surface area contributed by atoms with Crippen LogP contribution in [0.15, 0.2) is 84.9 Å². The van der Waals surface area contributed by atoms with Gasteiger partial charge in [-0.1, -0.05) is 65.9 Å². The molecule has 0 radical (unpaired) electrons. The van der Waals surface area contributed by atoms with Gasteiger partial charge >= 0.3 is 0 Å². The maximum absolute atomic E-state index is 5.11. The van der Waals surface area contributed by atoms with Gasteiger partial charge in [0.1, 0.15) is 11.5 Å². The minimum atomic E-state index is 0.797. The lowest BCUT2D eigenvalue weighted by molar-refractivity contribution is 0.649. The van der Waals surface area contributed by atoms with Crippen LogP contribution in [-0.2, 0) is 0 Å². The molecule has 1 fully saturated rings. The lowest BCUT2D eigenvalue weighted by Gasteiger charge is -2.37. The highest BCUT2D eigenvalue weighted by atomic mass is 15.4. The van der Waals surface area contributed by atoms with E-state index >= 15 is 0 Å². The molecule has 1 saturated heterocycles. The van der Waals surface area contributed by atoms with Crippen molar-refractivity contribution in [2.24, 2.45) is 0 Å². The molecule has 6 heteroatoms. The first-order valence-corrected chi connectivity index (χ1v) is 10.6. The fourth-order valence-corrected chi connectivity index (χ4v) is 4.39. The second kappa shape index (κ2) is 7.40. The summed E-state index contributed by atoms with van der Waals surface area (Å²) in [6.45, 7) is 3.77. The monoisotopic (exact) mass is 406 g/mol. The lowest BCUT2D eigenvalue weighted by Crippen LogP contribution is -2.47. The molecular weight excluding hydrogens is 384 g/mol. The topological polar surface area (TPSA) is 49.6 Å². The van der Waals surface area contributed by atoms with Gasteiger partial charge in [0.2, 0.25) is 0 Å². The SMILES string of the molecule is c1ccc(-c2nnn3c2nc(N2CCN(c4ccccc4)CC2)c2ccccc23)cc1. The number of rotatable bonds is 3. The molecule has 0 amide bonds. The maximum atomic E-state index is 5.11. The summed E-state index contributed by atoms with van der Waals surface area (Å²) < 4.78 is 1.86. The van der Waals surface area contributed by atoms with Crippen molar-refractivity contribution in [1.82, 2.24) is 19.8 Å². The van der Waals surface area contributed by atoms with Gasteiger partial charge in [-0.25, -0.2) is 4.98 Å². The number of para-hydroxylation sites is 2. The van der Waals surface area contributed by atoms with Crippen LogP contribution in [0.2, 0.25) is 0 Å². The number of benzene rings is 3. The quantitative estimate of drug-likeness (QED) is 0.448. The molecule has 1 aliphatic heterocycles. The van der Waals surface area contributed by atoms with Gasteiger partial charge in [0.25, 0.3) is 0 Å². The predicted octanol–water partition coefficient (Wildman–Crippen LogP) is 4.27. The van der Waals surface area contributed by atoms with Crippen LogP contribution in [0.3, 0.4) is 0 Å². The Labute approximate surface area is 180 Å². The standard InChI is InChI=1S/C25H22N6/c1-3-9-19(10-4-1)23-25-26-24(21-13-7-8-14-22(21)31(25)28-27-23)30-17-15-29(16-18-30)20-11-5-2-6-12-20/h1-14H,15-18H2. The van der Waals surface area contributed by atoms with E-state index in [1.807, 2.05) is 28.8 Å². The van der Waals surface area contributed by atoms with Gasteiger partial charge in [0.15, 0.2) is 5.65 Å². The highest BCUT2D eigenvalue weighted by molar-refractivity contribution is 5.93. The fourth-order valence-electron chi connectivity index (χ4n) is 4.39. The van der Waals surface area contributed by atoms with E-state index in [0.29, 0.717) is 0 Å². The Morgan fingerprint density at radius 3 is 2.06 bits per heavy atom. The van der Waals surface area contributed by atoms with Crippen LogP contribution in [0.1, 0.15) is 0 Å². The van der Waals surface area contributed by atoms with Gasteiger partial charge in [-0.15, -0.1) is 5.10 Å². The van der Waals surface area contributed by atoms with Gasteiger partial charge in [0, 0.05) is 42.8 Å². The molecule has 31 heavy (non-hydrogen) atoms. The van der Waals surface area contributed by atoms with E-state index in [4.69, 9.17) is 4.98 Å². The van der Waals surface area contributed by atoms with Crippen molar-refractivity contribution < 1.29 is 0 Å². The van der Waals surface area contributed by atoms with Gasteiger partial charge in [-0.05, 0) is 24.3 Å². The molecule has 3 heterocycles. The first-order valence-electron chi connectivity index (χ1n) is 10.6. The van der Waals surface area contributed by atoms with Crippen molar-refractivity contribution in [2.45, 2.75) is 0 Å². The van der Waals surface area contributed by atoms with Gasteiger partial charge in [-0.3, -0.25) is 0 Å². The molecule has 0 saturated carbocycles. The molecule has 0 unspecified atom stereocenters. The predicted molar refractivity (Wildman–Crippen MR) is 125 cm³/mol. The van der Waals surface area contributed by atoms with Gasteiger partial charge in [0.05, 0.1) is 5.52 Å². The summed E-state index contributed by atoms with van der Waals surface area (Å²) in [5, 5.41) is 10.0. The molecule has 0 spiro atoms. The van der Waals surface area contributed by atoms with Crippen molar-refractivity contribution in [3.05, 3.63) is 84.9 Å².